The molecule has 0 saturated heterocycles. The summed E-state index contributed by atoms with van der Waals surface area (Å²) in [5.74, 6) is -0.281. The first-order chi connectivity index (χ1) is 9.70. The van der Waals surface area contributed by atoms with Crippen molar-refractivity contribution in [3.63, 3.8) is 0 Å². The number of nitrogens with one attached hydrogen (secondary N) is 1. The fraction of sp³-hybridized carbons (Fsp3) is 0.500. The lowest BCUT2D eigenvalue weighted by Crippen LogP contribution is -2.47. The summed E-state index contributed by atoms with van der Waals surface area (Å²) >= 11 is 0. The molecule has 1 aromatic carbocycles. The SMILES string of the molecule is Cc1cc(C)cc(N(C)CC(=O)NC(C)C(=O)N(C)C)c1. The molecule has 5 nitrogen and oxygen atoms in total. The van der Waals surface area contributed by atoms with Gasteiger partial charge in [-0.05, 0) is 44.0 Å². The number of amides is 2. The second kappa shape index (κ2) is 7.11. The van der Waals surface area contributed by atoms with E-state index in [1.54, 1.807) is 21.0 Å². The first-order valence-electron chi connectivity index (χ1n) is 7.00. The Morgan fingerprint density at radius 1 is 1.10 bits per heavy atom. The molecule has 1 unspecified atom stereocenters. The van der Waals surface area contributed by atoms with E-state index in [2.05, 4.69) is 11.4 Å². The smallest absolute Gasteiger partial charge is 0.244 e. The fourth-order valence-electron chi connectivity index (χ4n) is 2.21. The third-order valence-corrected chi connectivity index (χ3v) is 3.22. The molecule has 1 rings (SSSR count). The molecule has 0 aliphatic carbocycles. The van der Waals surface area contributed by atoms with Crippen LogP contribution in [0, 0.1) is 13.8 Å². The van der Waals surface area contributed by atoms with Gasteiger partial charge in [-0.15, -0.1) is 0 Å². The van der Waals surface area contributed by atoms with Crippen LogP contribution >= 0.6 is 0 Å². The van der Waals surface area contributed by atoms with Gasteiger partial charge in [0.1, 0.15) is 6.04 Å². The summed E-state index contributed by atoms with van der Waals surface area (Å²) in [7, 11) is 5.21. The number of hydrogen-bond acceptors (Lipinski definition) is 3. The maximum Gasteiger partial charge on any atom is 0.244 e. The van der Waals surface area contributed by atoms with Crippen molar-refractivity contribution in [2.24, 2.45) is 0 Å². The third kappa shape index (κ3) is 5.10. The van der Waals surface area contributed by atoms with Crippen LogP contribution in [0.2, 0.25) is 0 Å². The van der Waals surface area contributed by atoms with E-state index in [0.717, 1.165) is 16.8 Å². The van der Waals surface area contributed by atoms with Crippen LogP contribution in [-0.2, 0) is 9.59 Å². The maximum atomic E-state index is 12.0. The molecule has 0 aliphatic heterocycles. The molecule has 0 bridgehead atoms. The van der Waals surface area contributed by atoms with Gasteiger partial charge in [-0.2, -0.15) is 0 Å². The van der Waals surface area contributed by atoms with E-state index in [4.69, 9.17) is 0 Å². The molecule has 0 aromatic heterocycles. The van der Waals surface area contributed by atoms with Crippen LogP contribution in [0.4, 0.5) is 5.69 Å². The first kappa shape index (κ1) is 17.0. The molecule has 116 valence electrons. The minimum atomic E-state index is -0.514. The zero-order chi connectivity index (χ0) is 16.2. The number of carbonyl (C=O) groups excluding carboxylic acids is 2. The Bertz CT molecular complexity index is 506. The molecule has 1 atom stereocenters. The lowest BCUT2D eigenvalue weighted by atomic mass is 10.1. The molecule has 1 N–H and O–H groups in total. The van der Waals surface area contributed by atoms with Crippen molar-refractivity contribution in [3.8, 4) is 0 Å². The van der Waals surface area contributed by atoms with Crippen LogP contribution in [0.3, 0.4) is 0 Å². The topological polar surface area (TPSA) is 52.7 Å². The first-order valence-corrected chi connectivity index (χ1v) is 7.00. The molecular formula is C16H25N3O2. The van der Waals surface area contributed by atoms with Crippen LogP contribution in [0.5, 0.6) is 0 Å². The molecule has 0 saturated carbocycles. The Morgan fingerprint density at radius 3 is 2.10 bits per heavy atom. The van der Waals surface area contributed by atoms with Gasteiger partial charge in [-0.1, -0.05) is 6.07 Å². The van der Waals surface area contributed by atoms with Gasteiger partial charge in [0.2, 0.25) is 11.8 Å². The normalized spacial score (nSPS) is 11.7. The fourth-order valence-corrected chi connectivity index (χ4v) is 2.21. The standard InChI is InChI=1S/C16H25N3O2/c1-11-7-12(2)9-14(8-11)19(6)10-15(20)17-13(3)16(21)18(4)5/h7-9,13H,10H2,1-6H3,(H,17,20). The Balaban J connectivity index is 2.64. The number of likely N-dealkylation sites (N-methyl/N-ethyl adjacent to an activating group) is 2. The number of rotatable bonds is 5. The molecule has 21 heavy (non-hydrogen) atoms. The number of benzene rings is 1. The van der Waals surface area contributed by atoms with Crippen molar-refractivity contribution in [2.75, 3.05) is 32.6 Å². The van der Waals surface area contributed by atoms with E-state index < -0.39 is 6.04 Å². The summed E-state index contributed by atoms with van der Waals surface area (Å²) in [6, 6.07) is 5.65. The Labute approximate surface area is 126 Å². The minimum Gasteiger partial charge on any atom is -0.365 e. The third-order valence-electron chi connectivity index (χ3n) is 3.22. The van der Waals surface area contributed by atoms with Gasteiger partial charge in [-0.3, -0.25) is 9.59 Å². The van der Waals surface area contributed by atoms with Gasteiger partial charge >= 0.3 is 0 Å². The molecule has 0 heterocycles. The maximum absolute atomic E-state index is 12.0. The Hall–Kier alpha value is -2.04. The quantitative estimate of drug-likeness (QED) is 0.890. The van der Waals surface area contributed by atoms with Crippen LogP contribution in [0.1, 0.15) is 18.1 Å². The second-order valence-electron chi connectivity index (χ2n) is 5.72. The predicted octanol–water partition coefficient (Wildman–Crippen LogP) is 1.33. The summed E-state index contributed by atoms with van der Waals surface area (Å²) in [4.78, 5) is 27.1. The largest absolute Gasteiger partial charge is 0.365 e. The van der Waals surface area contributed by atoms with Gasteiger partial charge in [-0.25, -0.2) is 0 Å². The highest BCUT2D eigenvalue weighted by molar-refractivity contribution is 5.88. The van der Waals surface area contributed by atoms with Gasteiger partial charge < -0.3 is 15.1 Å². The lowest BCUT2D eigenvalue weighted by Gasteiger charge is -2.22. The van der Waals surface area contributed by atoms with E-state index in [1.165, 1.54) is 4.90 Å². The monoisotopic (exact) mass is 291 g/mol. The van der Waals surface area contributed by atoms with E-state index in [1.807, 2.05) is 37.9 Å². The van der Waals surface area contributed by atoms with E-state index >= 15 is 0 Å². The van der Waals surface area contributed by atoms with E-state index in [9.17, 15) is 9.59 Å². The van der Waals surface area contributed by atoms with Crippen LogP contribution in [0.25, 0.3) is 0 Å². The lowest BCUT2D eigenvalue weighted by molar-refractivity contribution is -0.133. The van der Waals surface area contributed by atoms with Gasteiger partial charge in [0.05, 0.1) is 6.54 Å². The molecule has 2 amide bonds. The summed E-state index contributed by atoms with van der Waals surface area (Å²) in [6.45, 7) is 5.97. The number of nitrogens with zero attached hydrogens (tertiary/aromatic N) is 2. The number of anilines is 1. The average Bonchev–Trinajstić information content (AvgIpc) is 2.36. The number of hydrogen-bond donors (Lipinski definition) is 1. The molecule has 0 fully saturated rings. The van der Waals surface area contributed by atoms with Crippen LogP contribution < -0.4 is 10.2 Å². The molecule has 0 aliphatic rings. The minimum absolute atomic E-state index is 0.114. The Kier molecular flexibility index (Phi) is 5.76. The van der Waals surface area contributed by atoms with Gasteiger partial charge in [0.15, 0.2) is 0 Å². The zero-order valence-corrected chi connectivity index (χ0v) is 13.7. The predicted molar refractivity (Wildman–Crippen MR) is 85.5 cm³/mol. The highest BCUT2D eigenvalue weighted by Gasteiger charge is 2.18. The molecule has 0 radical (unpaired) electrons. The molecule has 0 spiro atoms. The molecule has 1 aromatic rings. The zero-order valence-electron chi connectivity index (χ0n) is 13.7. The highest BCUT2D eigenvalue weighted by Crippen LogP contribution is 2.17. The van der Waals surface area contributed by atoms with Crippen molar-refractivity contribution in [1.29, 1.82) is 0 Å². The summed E-state index contributed by atoms with van der Waals surface area (Å²) in [5.41, 5.74) is 3.32. The van der Waals surface area contributed by atoms with Crippen molar-refractivity contribution in [1.82, 2.24) is 10.2 Å². The molecule has 5 heteroatoms. The number of aryl methyl sites for hydroxylation is 2. The second-order valence-corrected chi connectivity index (χ2v) is 5.72. The Morgan fingerprint density at radius 2 is 1.62 bits per heavy atom. The van der Waals surface area contributed by atoms with Gasteiger partial charge in [0.25, 0.3) is 0 Å². The summed E-state index contributed by atoms with van der Waals surface area (Å²) in [5, 5.41) is 2.72. The summed E-state index contributed by atoms with van der Waals surface area (Å²) in [6.07, 6.45) is 0. The van der Waals surface area contributed by atoms with Crippen molar-refractivity contribution < 1.29 is 9.59 Å². The van der Waals surface area contributed by atoms with Gasteiger partial charge in [0, 0.05) is 26.8 Å². The van der Waals surface area contributed by atoms with Crippen molar-refractivity contribution >= 4 is 17.5 Å². The summed E-state index contributed by atoms with van der Waals surface area (Å²) < 4.78 is 0. The van der Waals surface area contributed by atoms with E-state index in [-0.39, 0.29) is 18.4 Å². The van der Waals surface area contributed by atoms with Crippen LogP contribution in [0.15, 0.2) is 18.2 Å². The number of carbonyl (C=O) groups is 2. The average molecular weight is 291 g/mol. The molecular weight excluding hydrogens is 266 g/mol. The van der Waals surface area contributed by atoms with Crippen molar-refractivity contribution in [2.45, 2.75) is 26.8 Å². The van der Waals surface area contributed by atoms with Crippen LogP contribution in [-0.4, -0.2) is 50.4 Å². The van der Waals surface area contributed by atoms with E-state index in [0.29, 0.717) is 0 Å². The van der Waals surface area contributed by atoms with Crippen molar-refractivity contribution in [3.05, 3.63) is 29.3 Å². The highest BCUT2D eigenvalue weighted by atomic mass is 16.2.